The predicted molar refractivity (Wildman–Crippen MR) is 117 cm³/mol. The van der Waals surface area contributed by atoms with Crippen LogP contribution in [0.4, 0.5) is 10.1 Å². The van der Waals surface area contributed by atoms with E-state index in [1.807, 2.05) is 31.2 Å². The van der Waals surface area contributed by atoms with Gasteiger partial charge in [-0.25, -0.2) is 4.39 Å². The Hall–Kier alpha value is -2.76. The van der Waals surface area contributed by atoms with Gasteiger partial charge in [-0.2, -0.15) is 0 Å². The highest BCUT2D eigenvalue weighted by Crippen LogP contribution is 2.26. The second kappa shape index (κ2) is 10.7. The zero-order valence-electron chi connectivity index (χ0n) is 17.3. The lowest BCUT2D eigenvalue weighted by Crippen LogP contribution is -2.38. The van der Waals surface area contributed by atoms with Gasteiger partial charge < -0.3 is 20.3 Å². The summed E-state index contributed by atoms with van der Waals surface area (Å²) in [5.74, 6) is 2.05. The number of nitrogens with one attached hydrogen (secondary N) is 2. The molecule has 0 spiro atoms. The van der Waals surface area contributed by atoms with Crippen LogP contribution >= 0.6 is 0 Å². The Bertz CT molecular complexity index is 811. The lowest BCUT2D eigenvalue weighted by atomic mass is 10.1. The average molecular weight is 399 g/mol. The van der Waals surface area contributed by atoms with Crippen LogP contribution in [-0.4, -0.2) is 45.8 Å². The fraction of sp³-hybridized carbons (Fsp3) is 0.435. The van der Waals surface area contributed by atoms with Crippen LogP contribution in [0, 0.1) is 11.7 Å². The first-order valence-corrected chi connectivity index (χ1v) is 10.3. The number of hydrogen-bond donors (Lipinski definition) is 2. The van der Waals surface area contributed by atoms with Gasteiger partial charge in [-0.05, 0) is 49.4 Å². The molecule has 1 aliphatic rings. The summed E-state index contributed by atoms with van der Waals surface area (Å²) in [6.45, 7) is 6.29. The molecular formula is C23H31FN4O. The minimum Gasteiger partial charge on any atom is -0.497 e. The van der Waals surface area contributed by atoms with E-state index in [1.54, 1.807) is 13.2 Å². The van der Waals surface area contributed by atoms with Gasteiger partial charge in [-0.1, -0.05) is 24.3 Å². The minimum atomic E-state index is -0.153. The van der Waals surface area contributed by atoms with E-state index < -0.39 is 0 Å². The van der Waals surface area contributed by atoms with Gasteiger partial charge in [0.05, 0.1) is 7.11 Å². The summed E-state index contributed by atoms with van der Waals surface area (Å²) in [4.78, 5) is 7.15. The number of halogens is 1. The summed E-state index contributed by atoms with van der Waals surface area (Å²) in [7, 11) is 1.70. The summed E-state index contributed by atoms with van der Waals surface area (Å²) < 4.78 is 19.1. The van der Waals surface area contributed by atoms with E-state index in [0.29, 0.717) is 18.9 Å². The van der Waals surface area contributed by atoms with Crippen LogP contribution in [0.3, 0.4) is 0 Å². The lowest BCUT2D eigenvalue weighted by Gasteiger charge is -2.19. The summed E-state index contributed by atoms with van der Waals surface area (Å²) in [5, 5.41) is 6.60. The molecule has 1 saturated heterocycles. The molecule has 1 unspecified atom stereocenters. The molecule has 5 nitrogen and oxygen atoms in total. The number of aliphatic imine (C=N–C) groups is 1. The number of ether oxygens (including phenoxy) is 1. The van der Waals surface area contributed by atoms with Crippen molar-refractivity contribution in [1.29, 1.82) is 0 Å². The monoisotopic (exact) mass is 398 g/mol. The molecule has 3 rings (SSSR count). The van der Waals surface area contributed by atoms with E-state index in [-0.39, 0.29) is 5.82 Å². The fourth-order valence-electron chi connectivity index (χ4n) is 3.60. The molecule has 1 aliphatic heterocycles. The maximum Gasteiger partial charge on any atom is 0.191 e. The van der Waals surface area contributed by atoms with Gasteiger partial charge in [0.25, 0.3) is 0 Å². The smallest absolute Gasteiger partial charge is 0.191 e. The van der Waals surface area contributed by atoms with E-state index in [0.717, 1.165) is 49.9 Å². The third-order valence-electron chi connectivity index (χ3n) is 5.20. The number of nitrogens with zero attached hydrogens (tertiary/aromatic N) is 2. The number of methoxy groups -OCH3 is 1. The Morgan fingerprint density at radius 3 is 2.86 bits per heavy atom. The average Bonchev–Trinajstić information content (AvgIpc) is 3.22. The van der Waals surface area contributed by atoms with Crippen LogP contribution in [0.5, 0.6) is 5.75 Å². The van der Waals surface area contributed by atoms with E-state index in [1.165, 1.54) is 11.8 Å². The normalized spacial score (nSPS) is 16.7. The van der Waals surface area contributed by atoms with Crippen LogP contribution in [0.25, 0.3) is 0 Å². The highest BCUT2D eigenvalue weighted by Gasteiger charge is 2.22. The van der Waals surface area contributed by atoms with E-state index >= 15 is 0 Å². The number of hydrogen-bond acceptors (Lipinski definition) is 3. The second-order valence-corrected chi connectivity index (χ2v) is 7.29. The Labute approximate surface area is 173 Å². The van der Waals surface area contributed by atoms with Crippen molar-refractivity contribution in [2.24, 2.45) is 10.9 Å². The minimum absolute atomic E-state index is 0.153. The van der Waals surface area contributed by atoms with Crippen molar-refractivity contribution in [3.8, 4) is 5.75 Å². The van der Waals surface area contributed by atoms with Crippen molar-refractivity contribution in [1.82, 2.24) is 10.6 Å². The molecule has 0 amide bonds. The summed E-state index contributed by atoms with van der Waals surface area (Å²) in [5.41, 5.74) is 1.92. The standard InChI is InChI=1S/C23H31FN4O/c1-3-25-23(26-13-11-19-7-4-5-10-22(19)24)27-16-18-12-14-28(17-18)20-8-6-9-21(15-20)29-2/h4-10,15,18H,3,11-14,16-17H2,1-2H3,(H2,25,26,27). The number of rotatable bonds is 8. The Morgan fingerprint density at radius 2 is 2.07 bits per heavy atom. The second-order valence-electron chi connectivity index (χ2n) is 7.29. The molecule has 0 aliphatic carbocycles. The van der Waals surface area contributed by atoms with Gasteiger partial charge in [0.2, 0.25) is 0 Å². The highest BCUT2D eigenvalue weighted by atomic mass is 19.1. The fourth-order valence-corrected chi connectivity index (χ4v) is 3.60. The largest absolute Gasteiger partial charge is 0.497 e. The third-order valence-corrected chi connectivity index (χ3v) is 5.20. The molecule has 0 radical (unpaired) electrons. The van der Waals surface area contributed by atoms with Gasteiger partial charge in [0, 0.05) is 44.5 Å². The molecule has 2 aromatic carbocycles. The lowest BCUT2D eigenvalue weighted by molar-refractivity contribution is 0.415. The Morgan fingerprint density at radius 1 is 1.21 bits per heavy atom. The number of guanidine groups is 1. The molecule has 1 fully saturated rings. The topological polar surface area (TPSA) is 48.9 Å². The molecule has 0 saturated carbocycles. The Kier molecular flexibility index (Phi) is 7.73. The first kappa shape index (κ1) is 21.0. The van der Waals surface area contributed by atoms with Crippen LogP contribution in [-0.2, 0) is 6.42 Å². The zero-order chi connectivity index (χ0) is 20.5. The summed E-state index contributed by atoms with van der Waals surface area (Å²) >= 11 is 0. The van der Waals surface area contributed by atoms with Crippen molar-refractivity contribution in [3.05, 3.63) is 59.9 Å². The van der Waals surface area contributed by atoms with Gasteiger partial charge >= 0.3 is 0 Å². The van der Waals surface area contributed by atoms with Gasteiger partial charge in [-0.3, -0.25) is 4.99 Å². The highest BCUT2D eigenvalue weighted by molar-refractivity contribution is 5.79. The van der Waals surface area contributed by atoms with Crippen LogP contribution in [0.15, 0.2) is 53.5 Å². The van der Waals surface area contributed by atoms with Gasteiger partial charge in [-0.15, -0.1) is 0 Å². The predicted octanol–water partition coefficient (Wildman–Crippen LogP) is 3.46. The Balaban J connectivity index is 1.50. The number of anilines is 1. The molecule has 1 atom stereocenters. The van der Waals surface area contributed by atoms with Gasteiger partial charge in [0.15, 0.2) is 5.96 Å². The summed E-state index contributed by atoms with van der Waals surface area (Å²) in [6.07, 6.45) is 1.75. The molecule has 2 aromatic rings. The quantitative estimate of drug-likeness (QED) is 0.528. The molecule has 156 valence electrons. The number of benzene rings is 2. The van der Waals surface area contributed by atoms with Crippen molar-refractivity contribution in [2.75, 3.05) is 44.7 Å². The maximum absolute atomic E-state index is 13.8. The molecule has 2 N–H and O–H groups in total. The van der Waals surface area contributed by atoms with Crippen LogP contribution in [0.1, 0.15) is 18.9 Å². The van der Waals surface area contributed by atoms with Crippen molar-refractivity contribution < 1.29 is 9.13 Å². The van der Waals surface area contributed by atoms with E-state index in [2.05, 4.69) is 27.7 Å². The van der Waals surface area contributed by atoms with Crippen molar-refractivity contribution in [2.45, 2.75) is 19.8 Å². The van der Waals surface area contributed by atoms with Gasteiger partial charge in [0.1, 0.15) is 11.6 Å². The van der Waals surface area contributed by atoms with Crippen LogP contribution < -0.4 is 20.3 Å². The van der Waals surface area contributed by atoms with E-state index in [4.69, 9.17) is 9.73 Å². The SMILES string of the molecule is CCNC(=NCC1CCN(c2cccc(OC)c2)C1)NCCc1ccccc1F. The molecule has 0 aromatic heterocycles. The molecule has 29 heavy (non-hydrogen) atoms. The van der Waals surface area contributed by atoms with E-state index in [9.17, 15) is 4.39 Å². The van der Waals surface area contributed by atoms with Crippen molar-refractivity contribution >= 4 is 11.6 Å². The van der Waals surface area contributed by atoms with Crippen LogP contribution in [0.2, 0.25) is 0 Å². The molecular weight excluding hydrogens is 367 g/mol. The molecule has 6 heteroatoms. The molecule has 1 heterocycles. The zero-order valence-corrected chi connectivity index (χ0v) is 17.3. The maximum atomic E-state index is 13.8. The first-order valence-electron chi connectivity index (χ1n) is 10.3. The third kappa shape index (κ3) is 6.11. The van der Waals surface area contributed by atoms with Crippen molar-refractivity contribution in [3.63, 3.8) is 0 Å². The first-order chi connectivity index (χ1) is 14.2. The summed E-state index contributed by atoms with van der Waals surface area (Å²) in [6, 6.07) is 15.1. The molecule has 0 bridgehead atoms.